The van der Waals surface area contributed by atoms with Crippen molar-refractivity contribution in [1.29, 1.82) is 0 Å². The third kappa shape index (κ3) is 4.49. The molecule has 1 amide bonds. The van der Waals surface area contributed by atoms with Gasteiger partial charge in [-0.2, -0.15) is 36.9 Å². The van der Waals surface area contributed by atoms with Crippen molar-refractivity contribution in [3.63, 3.8) is 0 Å². The molecule has 1 unspecified atom stereocenters. The summed E-state index contributed by atoms with van der Waals surface area (Å²) in [7, 11) is -2.73. The molecule has 3 aliphatic heterocycles. The van der Waals surface area contributed by atoms with Crippen molar-refractivity contribution in [3.8, 4) is 0 Å². The second-order valence-corrected chi connectivity index (χ2v) is 11.9. The summed E-state index contributed by atoms with van der Waals surface area (Å²) in [6, 6.07) is 5.26. The molecule has 2 N–H and O–H groups in total. The predicted molar refractivity (Wildman–Crippen MR) is 121 cm³/mol. The van der Waals surface area contributed by atoms with Crippen LogP contribution in [-0.4, -0.2) is 61.4 Å². The number of nitrogens with zero attached hydrogens (tertiary/aromatic N) is 3. The zero-order chi connectivity index (χ0) is 27.7. The first kappa shape index (κ1) is 26.7. The van der Waals surface area contributed by atoms with Crippen LogP contribution in [0.4, 0.5) is 30.7 Å². The number of carbonyl (C=O) groups is 1. The van der Waals surface area contributed by atoms with E-state index in [0.29, 0.717) is 12.1 Å². The molecular formula is C23H20F7N3O4S. The van der Waals surface area contributed by atoms with E-state index in [9.17, 15) is 40.2 Å². The lowest BCUT2D eigenvalue weighted by molar-refractivity contribution is -0.276. The maximum absolute atomic E-state index is 15.3. The van der Waals surface area contributed by atoms with Crippen molar-refractivity contribution in [2.45, 2.75) is 30.0 Å². The van der Waals surface area contributed by atoms with Crippen molar-refractivity contribution in [2.75, 3.05) is 24.6 Å². The Labute approximate surface area is 212 Å². The molecule has 1 atom stereocenters. The Morgan fingerprint density at radius 3 is 2.32 bits per heavy atom. The van der Waals surface area contributed by atoms with Crippen LogP contribution >= 0.6 is 10.6 Å². The molecule has 38 heavy (non-hydrogen) atoms. The summed E-state index contributed by atoms with van der Waals surface area (Å²) in [6.45, 7) is -0.630. The number of amides is 1. The van der Waals surface area contributed by atoms with Crippen molar-refractivity contribution in [3.05, 3.63) is 65.0 Å². The molecule has 1 aromatic heterocycles. The van der Waals surface area contributed by atoms with Crippen LogP contribution in [-0.2, 0) is 27.1 Å². The normalized spacial score (nSPS) is 25.6. The standard InChI is InChI=1S/C23H20F7N3O4S/c24-20(11-33(12-20)19(34)14-9-38(35,36)10-14)18-5-4-13(8-31-18)17-7-21(37-32-17,23(28,29)30)15-2-1-3-16(6-15)22(25,26)27/h1-6,8,14,35-36H,7,9-12H2. The SMILES string of the molecule is O=C(C1CS(O)(O)C1)N1CC(F)(c2ccc(C3=NOC(c4cccc(C(F)(F)F)c4)(C(F)(F)F)C3)cn2)C1. The first-order valence-corrected chi connectivity index (χ1v) is 13.1. The zero-order valence-electron chi connectivity index (χ0n) is 19.3. The molecule has 0 saturated carbocycles. The molecule has 0 aliphatic carbocycles. The number of pyridine rings is 1. The van der Waals surface area contributed by atoms with Gasteiger partial charge in [-0.3, -0.25) is 18.9 Å². The summed E-state index contributed by atoms with van der Waals surface area (Å²) in [5.74, 6) is -1.08. The van der Waals surface area contributed by atoms with Crippen LogP contribution in [0.25, 0.3) is 0 Å². The molecule has 7 nitrogen and oxygen atoms in total. The van der Waals surface area contributed by atoms with Gasteiger partial charge < -0.3 is 9.74 Å². The van der Waals surface area contributed by atoms with Crippen LogP contribution in [0.15, 0.2) is 47.8 Å². The molecule has 4 heterocycles. The highest BCUT2D eigenvalue weighted by molar-refractivity contribution is 8.25. The summed E-state index contributed by atoms with van der Waals surface area (Å²) in [6.07, 6.45) is -9.82. The number of benzene rings is 1. The van der Waals surface area contributed by atoms with E-state index in [1.165, 1.54) is 17.0 Å². The fourth-order valence-corrected chi connectivity index (χ4v) is 6.18. The van der Waals surface area contributed by atoms with Gasteiger partial charge in [0.05, 0.1) is 53.9 Å². The Morgan fingerprint density at radius 2 is 1.76 bits per heavy atom. The minimum Gasteiger partial charge on any atom is -0.374 e. The van der Waals surface area contributed by atoms with Gasteiger partial charge >= 0.3 is 12.4 Å². The Morgan fingerprint density at radius 1 is 1.08 bits per heavy atom. The number of halogens is 7. The number of hydrogen-bond donors (Lipinski definition) is 2. The molecule has 15 heteroatoms. The first-order chi connectivity index (χ1) is 17.5. The molecule has 5 rings (SSSR count). The van der Waals surface area contributed by atoms with Gasteiger partial charge in [0.2, 0.25) is 5.91 Å². The quantitative estimate of drug-likeness (QED) is 0.504. The fraction of sp³-hybridized carbons (Fsp3) is 0.435. The zero-order valence-corrected chi connectivity index (χ0v) is 20.1. The van der Waals surface area contributed by atoms with Crippen LogP contribution < -0.4 is 0 Å². The van der Waals surface area contributed by atoms with Gasteiger partial charge in [0.1, 0.15) is 0 Å². The topological polar surface area (TPSA) is 95.2 Å². The minimum atomic E-state index is -5.12. The lowest BCUT2D eigenvalue weighted by Gasteiger charge is -2.51. The minimum absolute atomic E-state index is 0.0569. The molecule has 0 radical (unpaired) electrons. The third-order valence-corrected chi connectivity index (χ3v) is 8.75. The molecule has 0 bridgehead atoms. The van der Waals surface area contributed by atoms with E-state index >= 15 is 4.39 Å². The maximum atomic E-state index is 15.3. The Balaban J connectivity index is 1.30. The number of oxime groups is 1. The average molecular weight is 567 g/mol. The maximum Gasteiger partial charge on any atom is 0.435 e. The Kier molecular flexibility index (Phi) is 6.00. The van der Waals surface area contributed by atoms with E-state index in [2.05, 4.69) is 10.1 Å². The number of carbonyl (C=O) groups excluding carboxylic acids is 1. The second-order valence-electron chi connectivity index (χ2n) is 9.63. The molecular weight excluding hydrogens is 547 g/mol. The van der Waals surface area contributed by atoms with E-state index in [4.69, 9.17) is 4.84 Å². The molecule has 3 aliphatic rings. The molecule has 2 saturated heterocycles. The third-order valence-electron chi connectivity index (χ3n) is 6.88. The van der Waals surface area contributed by atoms with Crippen molar-refractivity contribution in [2.24, 2.45) is 11.1 Å². The van der Waals surface area contributed by atoms with E-state index in [0.717, 1.165) is 18.3 Å². The van der Waals surface area contributed by atoms with Crippen LogP contribution in [0.2, 0.25) is 0 Å². The lowest BCUT2D eigenvalue weighted by Crippen LogP contribution is -2.62. The summed E-state index contributed by atoms with van der Waals surface area (Å²) < 4.78 is 116. The largest absolute Gasteiger partial charge is 0.435 e. The molecule has 206 valence electrons. The van der Waals surface area contributed by atoms with E-state index in [-0.39, 0.29) is 41.6 Å². The second kappa shape index (κ2) is 8.55. The number of aromatic nitrogens is 1. The predicted octanol–water partition coefficient (Wildman–Crippen LogP) is 5.07. The van der Waals surface area contributed by atoms with Gasteiger partial charge in [-0.15, -0.1) is 0 Å². The fourth-order valence-electron chi connectivity index (χ4n) is 4.71. The van der Waals surface area contributed by atoms with Crippen LogP contribution in [0.1, 0.15) is 28.8 Å². The highest BCUT2D eigenvalue weighted by Gasteiger charge is 2.62. The summed E-state index contributed by atoms with van der Waals surface area (Å²) >= 11 is 0. The summed E-state index contributed by atoms with van der Waals surface area (Å²) in [5.41, 5.74) is -7.43. The van der Waals surface area contributed by atoms with E-state index in [1.807, 2.05) is 0 Å². The van der Waals surface area contributed by atoms with Gasteiger partial charge in [-0.25, -0.2) is 4.39 Å². The van der Waals surface area contributed by atoms with Crippen LogP contribution in [0, 0.1) is 5.92 Å². The van der Waals surface area contributed by atoms with Gasteiger partial charge in [-0.1, -0.05) is 17.3 Å². The van der Waals surface area contributed by atoms with Gasteiger partial charge in [-0.05, 0) is 24.3 Å². The molecule has 2 aromatic rings. The van der Waals surface area contributed by atoms with Gasteiger partial charge in [0, 0.05) is 17.3 Å². The lowest BCUT2D eigenvalue weighted by atomic mass is 9.85. The highest BCUT2D eigenvalue weighted by atomic mass is 32.3. The first-order valence-electron chi connectivity index (χ1n) is 11.2. The van der Waals surface area contributed by atoms with Gasteiger partial charge in [0.25, 0.3) is 5.60 Å². The van der Waals surface area contributed by atoms with Crippen molar-refractivity contribution >= 4 is 22.2 Å². The number of rotatable bonds is 4. The molecule has 0 spiro atoms. The van der Waals surface area contributed by atoms with E-state index < -0.39 is 63.6 Å². The van der Waals surface area contributed by atoms with Gasteiger partial charge in [0.15, 0.2) is 5.67 Å². The summed E-state index contributed by atoms with van der Waals surface area (Å²) in [4.78, 5) is 22.3. The monoisotopic (exact) mass is 567 g/mol. The smallest absolute Gasteiger partial charge is 0.374 e. The van der Waals surface area contributed by atoms with E-state index in [1.54, 1.807) is 0 Å². The highest BCUT2D eigenvalue weighted by Crippen LogP contribution is 2.53. The summed E-state index contributed by atoms with van der Waals surface area (Å²) in [5, 5.41) is 3.49. The number of likely N-dealkylation sites (tertiary alicyclic amines) is 1. The van der Waals surface area contributed by atoms with Crippen molar-refractivity contribution < 1.29 is 49.5 Å². The molecule has 2 fully saturated rings. The Hall–Kier alpha value is -2.91. The average Bonchev–Trinajstić information content (AvgIpc) is 3.27. The number of alkyl halides is 7. The van der Waals surface area contributed by atoms with Crippen molar-refractivity contribution in [1.82, 2.24) is 9.88 Å². The molecule has 1 aromatic carbocycles. The van der Waals surface area contributed by atoms with Crippen LogP contribution in [0.5, 0.6) is 0 Å². The van der Waals surface area contributed by atoms with Crippen LogP contribution in [0.3, 0.4) is 0 Å². The number of hydrogen-bond acceptors (Lipinski definition) is 6. The Bertz CT molecular complexity index is 1290.